The Morgan fingerprint density at radius 3 is 1.86 bits per heavy atom. The first-order valence-electron chi connectivity index (χ1n) is 14.6. The lowest BCUT2D eigenvalue weighted by Crippen LogP contribution is -1.87. The summed E-state index contributed by atoms with van der Waals surface area (Å²) in [5, 5.41) is 6.94. The summed E-state index contributed by atoms with van der Waals surface area (Å²) in [4.78, 5) is 9.68. The normalized spacial score (nSPS) is 12.2. The Labute approximate surface area is 246 Å². The Bertz CT molecular complexity index is 2600. The van der Waals surface area contributed by atoms with Crippen LogP contribution in [0.15, 0.2) is 138 Å². The van der Waals surface area contributed by atoms with E-state index in [4.69, 9.17) is 14.4 Å². The standard InChI is InChI=1S/C40H22N2O/c1-2-8-30-29(7-1)31-15-14-28(40-38(31)32(30)18-20-42-40)26-13-17-36-34(22-26)33-21-25(12-16-35(33)43-36)27-9-3-5-23-10-11-24-6-4-19-41-39(24)37(23)27/h1-22H. The fourth-order valence-electron chi connectivity index (χ4n) is 7.17. The first-order valence-corrected chi connectivity index (χ1v) is 14.6. The molecule has 3 nitrogen and oxygen atoms in total. The molecule has 10 rings (SSSR count). The predicted molar refractivity (Wildman–Crippen MR) is 177 cm³/mol. The lowest BCUT2D eigenvalue weighted by Gasteiger charge is -2.10. The number of aromatic nitrogens is 2. The molecule has 0 atom stereocenters. The highest BCUT2D eigenvalue weighted by atomic mass is 16.3. The highest BCUT2D eigenvalue weighted by molar-refractivity contribution is 6.18. The maximum atomic E-state index is 6.34. The molecule has 0 saturated carbocycles. The minimum absolute atomic E-state index is 0.882. The van der Waals surface area contributed by atoms with Crippen molar-refractivity contribution in [2.45, 2.75) is 0 Å². The largest absolute Gasteiger partial charge is 0.456 e. The Hall–Kier alpha value is -5.80. The van der Waals surface area contributed by atoms with Gasteiger partial charge in [-0.25, -0.2) is 0 Å². The van der Waals surface area contributed by atoms with Crippen molar-refractivity contribution in [2.75, 3.05) is 0 Å². The Morgan fingerprint density at radius 2 is 1.05 bits per heavy atom. The van der Waals surface area contributed by atoms with Gasteiger partial charge in [0.25, 0.3) is 0 Å². The summed E-state index contributed by atoms with van der Waals surface area (Å²) in [5.41, 5.74) is 13.5. The van der Waals surface area contributed by atoms with Gasteiger partial charge in [-0.15, -0.1) is 0 Å². The summed E-state index contributed by atoms with van der Waals surface area (Å²) in [6.45, 7) is 0. The molecular formula is C40H22N2O. The minimum Gasteiger partial charge on any atom is -0.456 e. The second-order valence-electron chi connectivity index (χ2n) is 11.4. The lowest BCUT2D eigenvalue weighted by molar-refractivity contribution is 0.669. The molecule has 0 aliphatic heterocycles. The first kappa shape index (κ1) is 22.8. The van der Waals surface area contributed by atoms with Gasteiger partial charge in [0, 0.05) is 44.9 Å². The van der Waals surface area contributed by atoms with Crippen molar-refractivity contribution < 1.29 is 4.42 Å². The molecule has 198 valence electrons. The summed E-state index contributed by atoms with van der Waals surface area (Å²) in [7, 11) is 0. The van der Waals surface area contributed by atoms with Gasteiger partial charge >= 0.3 is 0 Å². The van der Waals surface area contributed by atoms with Crippen LogP contribution in [0.5, 0.6) is 0 Å². The van der Waals surface area contributed by atoms with E-state index >= 15 is 0 Å². The molecule has 1 aliphatic carbocycles. The maximum Gasteiger partial charge on any atom is 0.135 e. The molecule has 0 bridgehead atoms. The van der Waals surface area contributed by atoms with Crippen molar-refractivity contribution in [2.24, 2.45) is 0 Å². The van der Waals surface area contributed by atoms with E-state index in [-0.39, 0.29) is 0 Å². The molecule has 6 aromatic carbocycles. The van der Waals surface area contributed by atoms with Crippen LogP contribution >= 0.6 is 0 Å². The molecule has 1 aliphatic rings. The fourth-order valence-corrected chi connectivity index (χ4v) is 7.17. The number of benzene rings is 6. The average Bonchev–Trinajstić information content (AvgIpc) is 3.60. The third-order valence-electron chi connectivity index (χ3n) is 9.11. The van der Waals surface area contributed by atoms with Gasteiger partial charge < -0.3 is 4.42 Å². The zero-order valence-corrected chi connectivity index (χ0v) is 23.0. The second kappa shape index (κ2) is 8.37. The van der Waals surface area contributed by atoms with Crippen LogP contribution in [0, 0.1) is 0 Å². The van der Waals surface area contributed by atoms with Crippen molar-refractivity contribution in [3.63, 3.8) is 0 Å². The van der Waals surface area contributed by atoms with E-state index in [1.54, 1.807) is 0 Å². The highest BCUT2D eigenvalue weighted by Gasteiger charge is 2.23. The van der Waals surface area contributed by atoms with Gasteiger partial charge in [-0.3, -0.25) is 9.97 Å². The van der Waals surface area contributed by atoms with Crippen molar-refractivity contribution in [3.8, 4) is 44.5 Å². The zero-order chi connectivity index (χ0) is 28.1. The molecule has 3 aromatic heterocycles. The Balaban J connectivity index is 1.19. The van der Waals surface area contributed by atoms with Gasteiger partial charge in [-0.05, 0) is 80.7 Å². The van der Waals surface area contributed by atoms with Crippen molar-refractivity contribution >= 4 is 54.5 Å². The Morgan fingerprint density at radius 1 is 0.395 bits per heavy atom. The number of hydrogen-bond donors (Lipinski definition) is 0. The number of pyridine rings is 2. The van der Waals surface area contributed by atoms with E-state index < -0.39 is 0 Å². The quantitative estimate of drug-likeness (QED) is 0.202. The average molecular weight is 547 g/mol. The number of furan rings is 1. The van der Waals surface area contributed by atoms with E-state index in [0.29, 0.717) is 0 Å². The van der Waals surface area contributed by atoms with E-state index in [2.05, 4.69) is 115 Å². The van der Waals surface area contributed by atoms with Crippen LogP contribution in [-0.4, -0.2) is 9.97 Å². The van der Waals surface area contributed by atoms with Crippen molar-refractivity contribution in [3.05, 3.63) is 134 Å². The summed E-state index contributed by atoms with van der Waals surface area (Å²) >= 11 is 0. The van der Waals surface area contributed by atoms with Crippen LogP contribution in [0.1, 0.15) is 0 Å². The monoisotopic (exact) mass is 546 g/mol. The molecule has 0 N–H and O–H groups in total. The van der Waals surface area contributed by atoms with Crippen LogP contribution in [0.3, 0.4) is 0 Å². The highest BCUT2D eigenvalue weighted by Crippen LogP contribution is 2.49. The number of fused-ring (bicyclic) bond motifs is 9. The summed E-state index contributed by atoms with van der Waals surface area (Å²) in [6, 6.07) is 43.2. The van der Waals surface area contributed by atoms with E-state index in [0.717, 1.165) is 55.0 Å². The molecule has 9 aromatic rings. The molecule has 0 amide bonds. The second-order valence-corrected chi connectivity index (χ2v) is 11.4. The van der Waals surface area contributed by atoms with Crippen LogP contribution in [0.4, 0.5) is 0 Å². The smallest absolute Gasteiger partial charge is 0.135 e. The van der Waals surface area contributed by atoms with Gasteiger partial charge in [0.2, 0.25) is 0 Å². The van der Waals surface area contributed by atoms with Crippen LogP contribution in [-0.2, 0) is 0 Å². The zero-order valence-electron chi connectivity index (χ0n) is 23.0. The number of hydrogen-bond acceptors (Lipinski definition) is 3. The van der Waals surface area contributed by atoms with Gasteiger partial charge in [0.05, 0.1) is 11.0 Å². The van der Waals surface area contributed by atoms with Crippen molar-refractivity contribution in [1.29, 1.82) is 0 Å². The van der Waals surface area contributed by atoms with E-state index in [1.807, 2.05) is 18.5 Å². The summed E-state index contributed by atoms with van der Waals surface area (Å²) < 4.78 is 6.34. The third-order valence-corrected chi connectivity index (χ3v) is 9.11. The SMILES string of the molecule is c1ccc2c(c1)-c1ccnc3c(-c4ccc5oc6ccc(-c7cccc8ccc9cccnc9c78)cc6c5c4)ccc-2c13. The molecule has 43 heavy (non-hydrogen) atoms. The molecular weight excluding hydrogens is 524 g/mol. The van der Waals surface area contributed by atoms with Gasteiger partial charge in [-0.1, -0.05) is 84.9 Å². The molecule has 0 spiro atoms. The van der Waals surface area contributed by atoms with E-state index in [1.165, 1.54) is 44.0 Å². The van der Waals surface area contributed by atoms with Crippen LogP contribution in [0.25, 0.3) is 99.0 Å². The molecule has 3 heterocycles. The Kier molecular flexibility index (Phi) is 4.45. The minimum atomic E-state index is 0.882. The lowest BCUT2D eigenvalue weighted by atomic mass is 9.94. The first-order chi connectivity index (χ1) is 21.3. The fraction of sp³-hybridized carbons (Fsp3) is 0. The van der Waals surface area contributed by atoms with Gasteiger partial charge in [0.1, 0.15) is 11.2 Å². The summed E-state index contributed by atoms with van der Waals surface area (Å²) in [6.07, 6.45) is 3.81. The molecule has 0 saturated heterocycles. The third kappa shape index (κ3) is 3.14. The summed E-state index contributed by atoms with van der Waals surface area (Å²) in [5.74, 6) is 0. The van der Waals surface area contributed by atoms with Crippen LogP contribution < -0.4 is 0 Å². The van der Waals surface area contributed by atoms with Gasteiger partial charge in [-0.2, -0.15) is 0 Å². The maximum absolute atomic E-state index is 6.34. The number of rotatable bonds is 2. The van der Waals surface area contributed by atoms with Gasteiger partial charge in [0.15, 0.2) is 0 Å². The van der Waals surface area contributed by atoms with E-state index in [9.17, 15) is 0 Å². The molecule has 3 heteroatoms. The van der Waals surface area contributed by atoms with Crippen LogP contribution in [0.2, 0.25) is 0 Å². The predicted octanol–water partition coefficient (Wildman–Crippen LogP) is 10.8. The molecule has 0 radical (unpaired) electrons. The number of nitrogens with zero attached hydrogens (tertiary/aromatic N) is 2. The van der Waals surface area contributed by atoms with Crippen molar-refractivity contribution in [1.82, 2.24) is 9.97 Å². The topological polar surface area (TPSA) is 38.9 Å². The molecule has 0 fully saturated rings. The molecule has 0 unspecified atom stereocenters.